The van der Waals surface area contributed by atoms with Gasteiger partial charge in [0.1, 0.15) is 5.75 Å². The van der Waals surface area contributed by atoms with E-state index in [4.69, 9.17) is 9.47 Å². The van der Waals surface area contributed by atoms with Gasteiger partial charge in [-0.05, 0) is 48.9 Å². The summed E-state index contributed by atoms with van der Waals surface area (Å²) in [4.78, 5) is 12.0. The lowest BCUT2D eigenvalue weighted by molar-refractivity contribution is -0.274. The second-order valence-corrected chi connectivity index (χ2v) is 5.32. The van der Waals surface area contributed by atoms with Crippen molar-refractivity contribution in [3.8, 4) is 17.2 Å². The van der Waals surface area contributed by atoms with Gasteiger partial charge in [0.25, 0.3) is 5.91 Å². The van der Waals surface area contributed by atoms with Gasteiger partial charge in [-0.3, -0.25) is 4.79 Å². The summed E-state index contributed by atoms with van der Waals surface area (Å²) in [5, 5.41) is 2.52. The predicted molar refractivity (Wildman–Crippen MR) is 95.0 cm³/mol. The summed E-state index contributed by atoms with van der Waals surface area (Å²) in [6.07, 6.45) is -0.987. The minimum atomic E-state index is -4.76. The van der Waals surface area contributed by atoms with Crippen LogP contribution in [0.25, 0.3) is 6.08 Å². The van der Waals surface area contributed by atoms with E-state index in [1.165, 1.54) is 19.2 Å². The zero-order valence-corrected chi connectivity index (χ0v) is 14.7. The fourth-order valence-corrected chi connectivity index (χ4v) is 2.18. The Morgan fingerprint density at radius 2 is 1.81 bits per heavy atom. The lowest BCUT2D eigenvalue weighted by atomic mass is 10.2. The summed E-state index contributed by atoms with van der Waals surface area (Å²) in [7, 11) is 1.49. The van der Waals surface area contributed by atoms with Crippen molar-refractivity contribution in [3.63, 3.8) is 0 Å². The van der Waals surface area contributed by atoms with Gasteiger partial charge in [-0.1, -0.05) is 18.2 Å². The maximum Gasteiger partial charge on any atom is 0.573 e. The second kappa shape index (κ2) is 8.98. The number of alkyl halides is 3. The van der Waals surface area contributed by atoms with Gasteiger partial charge in [-0.25, -0.2) is 0 Å². The number of allylic oxidation sites excluding steroid dienone is 1. The van der Waals surface area contributed by atoms with E-state index in [9.17, 15) is 18.0 Å². The maximum absolute atomic E-state index is 12.1. The average molecular weight is 381 g/mol. The lowest BCUT2D eigenvalue weighted by Gasteiger charge is -2.12. The molecule has 0 spiro atoms. The molecule has 0 aromatic heterocycles. The quantitative estimate of drug-likeness (QED) is 0.759. The molecule has 0 unspecified atom stereocenters. The lowest BCUT2D eigenvalue weighted by Crippen LogP contribution is -2.20. The number of nitrogens with one attached hydrogen (secondary N) is 1. The zero-order valence-electron chi connectivity index (χ0n) is 14.7. The van der Waals surface area contributed by atoms with Crippen molar-refractivity contribution < 1.29 is 32.2 Å². The average Bonchev–Trinajstić information content (AvgIpc) is 2.61. The van der Waals surface area contributed by atoms with Crippen LogP contribution in [0.15, 0.2) is 48.5 Å². The van der Waals surface area contributed by atoms with Crippen LogP contribution in [0.5, 0.6) is 17.2 Å². The molecule has 27 heavy (non-hydrogen) atoms. The summed E-state index contributed by atoms with van der Waals surface area (Å²) < 4.78 is 50.8. The first kappa shape index (κ1) is 20.2. The number of anilines is 1. The summed E-state index contributed by atoms with van der Waals surface area (Å²) in [5.41, 5.74) is 1.24. The van der Waals surface area contributed by atoms with Crippen LogP contribution >= 0.6 is 0 Å². The number of carbonyl (C=O) groups is 1. The van der Waals surface area contributed by atoms with Gasteiger partial charge in [-0.15, -0.1) is 13.2 Å². The molecule has 0 aliphatic rings. The van der Waals surface area contributed by atoms with E-state index in [2.05, 4.69) is 10.1 Å². The third kappa shape index (κ3) is 6.58. The van der Waals surface area contributed by atoms with Crippen LogP contribution in [0.2, 0.25) is 0 Å². The van der Waals surface area contributed by atoms with Crippen LogP contribution in [0, 0.1) is 0 Å². The maximum atomic E-state index is 12.1. The first-order valence-corrected chi connectivity index (χ1v) is 7.90. The summed E-state index contributed by atoms with van der Waals surface area (Å²) in [5.74, 6) is 0.0312. The Balaban J connectivity index is 1.92. The highest BCUT2D eigenvalue weighted by molar-refractivity contribution is 5.91. The molecule has 0 saturated carbocycles. The van der Waals surface area contributed by atoms with Crippen molar-refractivity contribution in [3.05, 3.63) is 54.1 Å². The molecule has 0 fully saturated rings. The number of hydrogen-bond donors (Lipinski definition) is 1. The molecule has 0 heterocycles. The SMILES string of the molecule is C/C=C/c1ccc(OCC(=O)Nc2ccc(OC(F)(F)F)cc2)c(OC)c1. The highest BCUT2D eigenvalue weighted by Gasteiger charge is 2.30. The van der Waals surface area contributed by atoms with E-state index in [0.29, 0.717) is 17.2 Å². The topological polar surface area (TPSA) is 56.8 Å². The number of carbonyl (C=O) groups excluding carboxylic acids is 1. The van der Waals surface area contributed by atoms with Crippen molar-refractivity contribution in [2.24, 2.45) is 0 Å². The number of methoxy groups -OCH3 is 1. The van der Waals surface area contributed by atoms with E-state index in [1.54, 1.807) is 12.1 Å². The van der Waals surface area contributed by atoms with Crippen LogP contribution in [-0.2, 0) is 4.79 Å². The van der Waals surface area contributed by atoms with Crippen LogP contribution in [0.4, 0.5) is 18.9 Å². The van der Waals surface area contributed by atoms with Gasteiger partial charge >= 0.3 is 6.36 Å². The number of benzene rings is 2. The van der Waals surface area contributed by atoms with Crippen LogP contribution < -0.4 is 19.5 Å². The van der Waals surface area contributed by atoms with Crippen molar-refractivity contribution in [2.45, 2.75) is 13.3 Å². The van der Waals surface area contributed by atoms with Crippen LogP contribution in [0.1, 0.15) is 12.5 Å². The molecule has 2 rings (SSSR count). The molecule has 8 heteroatoms. The van der Waals surface area contributed by atoms with Crippen molar-refractivity contribution >= 4 is 17.7 Å². The third-order valence-electron chi connectivity index (χ3n) is 3.28. The molecule has 2 aromatic carbocycles. The Bertz CT molecular complexity index is 802. The summed E-state index contributed by atoms with van der Waals surface area (Å²) in [6.45, 7) is 1.60. The van der Waals surface area contributed by atoms with Crippen molar-refractivity contribution in [1.29, 1.82) is 0 Å². The molecule has 1 amide bonds. The summed E-state index contributed by atoms with van der Waals surface area (Å²) in [6, 6.07) is 10.1. The Labute approximate surface area is 154 Å². The van der Waals surface area contributed by atoms with E-state index in [0.717, 1.165) is 17.7 Å². The largest absolute Gasteiger partial charge is 0.573 e. The third-order valence-corrected chi connectivity index (χ3v) is 3.28. The van der Waals surface area contributed by atoms with E-state index in [-0.39, 0.29) is 12.4 Å². The molecule has 5 nitrogen and oxygen atoms in total. The molecule has 0 atom stereocenters. The highest BCUT2D eigenvalue weighted by Crippen LogP contribution is 2.28. The minimum Gasteiger partial charge on any atom is -0.493 e. The van der Waals surface area contributed by atoms with E-state index >= 15 is 0 Å². The number of rotatable bonds is 7. The molecule has 2 aromatic rings. The Morgan fingerprint density at radius 3 is 2.41 bits per heavy atom. The first-order chi connectivity index (χ1) is 12.8. The summed E-state index contributed by atoms with van der Waals surface area (Å²) >= 11 is 0. The molecule has 0 aliphatic carbocycles. The Kier molecular flexibility index (Phi) is 6.70. The molecule has 0 saturated heterocycles. The molecule has 0 bridgehead atoms. The molecule has 1 N–H and O–H groups in total. The molecule has 0 aliphatic heterocycles. The van der Waals surface area contributed by atoms with Gasteiger partial charge in [0, 0.05) is 5.69 Å². The number of ether oxygens (including phenoxy) is 3. The number of hydrogen-bond acceptors (Lipinski definition) is 4. The second-order valence-electron chi connectivity index (χ2n) is 5.32. The zero-order chi connectivity index (χ0) is 19.9. The molecule has 0 radical (unpaired) electrons. The van der Waals surface area contributed by atoms with Crippen molar-refractivity contribution in [2.75, 3.05) is 19.0 Å². The van der Waals surface area contributed by atoms with Gasteiger partial charge in [0.15, 0.2) is 18.1 Å². The highest BCUT2D eigenvalue weighted by atomic mass is 19.4. The van der Waals surface area contributed by atoms with Gasteiger partial charge in [-0.2, -0.15) is 0 Å². The van der Waals surface area contributed by atoms with Crippen molar-refractivity contribution in [1.82, 2.24) is 0 Å². The first-order valence-electron chi connectivity index (χ1n) is 7.90. The van der Waals surface area contributed by atoms with Gasteiger partial charge < -0.3 is 19.5 Å². The van der Waals surface area contributed by atoms with Gasteiger partial charge in [0.05, 0.1) is 7.11 Å². The monoisotopic (exact) mass is 381 g/mol. The molecular weight excluding hydrogens is 363 g/mol. The Morgan fingerprint density at radius 1 is 1.11 bits per heavy atom. The normalized spacial score (nSPS) is 11.3. The predicted octanol–water partition coefficient (Wildman–Crippen LogP) is 4.64. The number of amides is 1. The van der Waals surface area contributed by atoms with E-state index < -0.39 is 12.3 Å². The molecular formula is C19H18F3NO4. The standard InChI is InChI=1S/C19H18F3NO4/c1-3-4-13-5-10-16(17(11-13)25-2)26-12-18(24)23-14-6-8-15(9-7-14)27-19(20,21)22/h3-11H,12H2,1-2H3,(H,23,24)/b4-3+. The molecule has 144 valence electrons. The smallest absolute Gasteiger partial charge is 0.493 e. The Hall–Kier alpha value is -3.16. The van der Waals surface area contributed by atoms with Crippen LogP contribution in [0.3, 0.4) is 0 Å². The fourth-order valence-electron chi connectivity index (χ4n) is 2.18. The fraction of sp³-hybridized carbons (Fsp3) is 0.211. The minimum absolute atomic E-state index is 0.292. The number of halogens is 3. The van der Waals surface area contributed by atoms with E-state index in [1.807, 2.05) is 25.1 Å². The van der Waals surface area contributed by atoms with Crippen LogP contribution in [-0.4, -0.2) is 26.0 Å². The van der Waals surface area contributed by atoms with Gasteiger partial charge in [0.2, 0.25) is 0 Å².